The van der Waals surface area contributed by atoms with E-state index in [9.17, 15) is 9.90 Å². The quantitative estimate of drug-likeness (QED) is 0.815. The third kappa shape index (κ3) is 4.71. The highest BCUT2D eigenvalue weighted by molar-refractivity contribution is 5.79. The molecule has 0 saturated heterocycles. The zero-order chi connectivity index (χ0) is 20.2. The third-order valence-electron chi connectivity index (χ3n) is 5.34. The number of aromatic hydroxyl groups is 1. The molecule has 1 unspecified atom stereocenters. The minimum atomic E-state index is -0.105. The van der Waals surface area contributed by atoms with Crippen molar-refractivity contribution in [2.75, 3.05) is 32.8 Å². The largest absolute Gasteiger partial charge is 0.508 e. The van der Waals surface area contributed by atoms with E-state index in [1.807, 2.05) is 37.3 Å². The van der Waals surface area contributed by atoms with Crippen LogP contribution in [0.25, 0.3) is 5.57 Å². The summed E-state index contributed by atoms with van der Waals surface area (Å²) in [5, 5.41) is 12.5. The van der Waals surface area contributed by atoms with E-state index in [0.717, 1.165) is 42.1 Å². The molecule has 1 amide bonds. The molecule has 2 N–H and O–H groups in total. The monoisotopic (exact) mass is 394 g/mol. The lowest BCUT2D eigenvalue weighted by atomic mass is 9.99. The number of hydrogen-bond donors (Lipinski definition) is 2. The highest BCUT2D eigenvalue weighted by Crippen LogP contribution is 2.32. The van der Waals surface area contributed by atoms with Crippen LogP contribution in [0.3, 0.4) is 0 Å². The fraction of sp³-hybridized carbons (Fsp3) is 0.348. The maximum Gasteiger partial charge on any atom is 0.234 e. The number of hydrogen-bond acceptors (Lipinski definition) is 5. The molecular formula is C23H26N2O4. The predicted octanol–water partition coefficient (Wildman–Crippen LogP) is 3.13. The molecule has 152 valence electrons. The maximum atomic E-state index is 12.5. The van der Waals surface area contributed by atoms with Crippen molar-refractivity contribution in [1.29, 1.82) is 0 Å². The van der Waals surface area contributed by atoms with Crippen molar-refractivity contribution in [3.05, 3.63) is 59.7 Å². The van der Waals surface area contributed by atoms with Crippen LogP contribution in [0.4, 0.5) is 0 Å². The first-order chi connectivity index (χ1) is 14.1. The molecule has 29 heavy (non-hydrogen) atoms. The SMILES string of the molecule is CC(NC(=O)CN1CC=C(c2ccc(O)cc2)CC1)c1ccc2c(c1)OCCO2. The van der Waals surface area contributed by atoms with Crippen LogP contribution in [-0.4, -0.2) is 48.8 Å². The van der Waals surface area contributed by atoms with E-state index in [2.05, 4.69) is 16.3 Å². The molecule has 6 nitrogen and oxygen atoms in total. The fourth-order valence-electron chi connectivity index (χ4n) is 3.70. The van der Waals surface area contributed by atoms with Gasteiger partial charge in [-0.15, -0.1) is 0 Å². The van der Waals surface area contributed by atoms with Crippen LogP contribution in [0, 0.1) is 0 Å². The van der Waals surface area contributed by atoms with Crippen molar-refractivity contribution < 1.29 is 19.4 Å². The van der Waals surface area contributed by atoms with E-state index in [1.165, 1.54) is 5.57 Å². The van der Waals surface area contributed by atoms with Gasteiger partial charge < -0.3 is 19.9 Å². The molecule has 0 bridgehead atoms. The van der Waals surface area contributed by atoms with Crippen LogP contribution >= 0.6 is 0 Å². The minimum Gasteiger partial charge on any atom is -0.508 e. The number of carbonyl (C=O) groups is 1. The highest BCUT2D eigenvalue weighted by Gasteiger charge is 2.19. The van der Waals surface area contributed by atoms with Crippen LogP contribution in [-0.2, 0) is 4.79 Å². The smallest absolute Gasteiger partial charge is 0.234 e. The average molecular weight is 394 g/mol. The first-order valence-corrected chi connectivity index (χ1v) is 9.98. The Hall–Kier alpha value is -2.99. The lowest BCUT2D eigenvalue weighted by molar-refractivity contribution is -0.122. The van der Waals surface area contributed by atoms with Crippen LogP contribution in [0.5, 0.6) is 17.2 Å². The van der Waals surface area contributed by atoms with E-state index >= 15 is 0 Å². The van der Waals surface area contributed by atoms with Gasteiger partial charge in [-0.1, -0.05) is 24.3 Å². The number of fused-ring (bicyclic) bond motifs is 1. The molecule has 0 spiro atoms. The molecule has 6 heteroatoms. The van der Waals surface area contributed by atoms with Gasteiger partial charge in [0.25, 0.3) is 0 Å². The van der Waals surface area contributed by atoms with E-state index in [0.29, 0.717) is 19.8 Å². The second-order valence-electron chi connectivity index (χ2n) is 7.45. The molecule has 4 rings (SSSR count). The van der Waals surface area contributed by atoms with E-state index in [-0.39, 0.29) is 17.7 Å². The number of rotatable bonds is 5. The molecule has 2 aliphatic rings. The number of phenolic OH excluding ortho intramolecular Hbond substituents is 1. The second-order valence-corrected chi connectivity index (χ2v) is 7.45. The molecule has 1 atom stereocenters. The van der Waals surface area contributed by atoms with Crippen molar-refractivity contribution in [3.63, 3.8) is 0 Å². The number of amides is 1. The molecule has 0 fully saturated rings. The summed E-state index contributed by atoms with van der Waals surface area (Å²) in [7, 11) is 0. The number of ether oxygens (including phenoxy) is 2. The summed E-state index contributed by atoms with van der Waals surface area (Å²) < 4.78 is 11.2. The zero-order valence-electron chi connectivity index (χ0n) is 16.6. The number of benzene rings is 2. The number of nitrogens with zero attached hydrogens (tertiary/aromatic N) is 1. The second kappa shape index (κ2) is 8.57. The Bertz CT molecular complexity index is 908. The summed E-state index contributed by atoms with van der Waals surface area (Å²) in [5.41, 5.74) is 3.38. The summed E-state index contributed by atoms with van der Waals surface area (Å²) in [4.78, 5) is 14.7. The summed E-state index contributed by atoms with van der Waals surface area (Å²) in [6.45, 7) is 5.03. The lowest BCUT2D eigenvalue weighted by Gasteiger charge is -2.27. The van der Waals surface area contributed by atoms with Crippen LogP contribution < -0.4 is 14.8 Å². The number of carbonyl (C=O) groups excluding carboxylic acids is 1. The van der Waals surface area contributed by atoms with Gasteiger partial charge in [0.15, 0.2) is 11.5 Å². The Morgan fingerprint density at radius 2 is 1.90 bits per heavy atom. The van der Waals surface area contributed by atoms with Crippen LogP contribution in [0.2, 0.25) is 0 Å². The van der Waals surface area contributed by atoms with Crippen LogP contribution in [0.15, 0.2) is 48.5 Å². The van der Waals surface area contributed by atoms with Crippen molar-refractivity contribution in [2.24, 2.45) is 0 Å². The number of nitrogens with one attached hydrogen (secondary N) is 1. The van der Waals surface area contributed by atoms with E-state index in [4.69, 9.17) is 9.47 Å². The van der Waals surface area contributed by atoms with Gasteiger partial charge in [-0.25, -0.2) is 0 Å². The van der Waals surface area contributed by atoms with E-state index < -0.39 is 0 Å². The van der Waals surface area contributed by atoms with Crippen molar-refractivity contribution >= 4 is 11.5 Å². The van der Waals surface area contributed by atoms with Crippen LogP contribution in [0.1, 0.15) is 30.5 Å². The van der Waals surface area contributed by atoms with Gasteiger partial charge in [-0.3, -0.25) is 9.69 Å². The molecular weight excluding hydrogens is 368 g/mol. The van der Waals surface area contributed by atoms with Gasteiger partial charge in [-0.2, -0.15) is 0 Å². The molecule has 2 heterocycles. The van der Waals surface area contributed by atoms with Crippen molar-refractivity contribution in [3.8, 4) is 17.2 Å². The Morgan fingerprint density at radius 1 is 1.14 bits per heavy atom. The Kier molecular flexibility index (Phi) is 5.71. The Labute approximate surface area is 170 Å². The maximum absolute atomic E-state index is 12.5. The summed E-state index contributed by atoms with van der Waals surface area (Å²) in [6, 6.07) is 13.0. The molecule has 2 aromatic rings. The van der Waals surface area contributed by atoms with Gasteiger partial charge in [0, 0.05) is 13.1 Å². The molecule has 2 aliphatic heterocycles. The summed E-state index contributed by atoms with van der Waals surface area (Å²) in [6.07, 6.45) is 3.04. The summed E-state index contributed by atoms with van der Waals surface area (Å²) >= 11 is 0. The summed E-state index contributed by atoms with van der Waals surface area (Å²) in [5.74, 6) is 1.77. The Balaban J connectivity index is 1.30. The topological polar surface area (TPSA) is 71.0 Å². The van der Waals surface area contributed by atoms with Crippen molar-refractivity contribution in [2.45, 2.75) is 19.4 Å². The number of phenols is 1. The predicted molar refractivity (Wildman–Crippen MR) is 111 cm³/mol. The zero-order valence-corrected chi connectivity index (χ0v) is 16.6. The normalized spacial score (nSPS) is 17.3. The van der Waals surface area contributed by atoms with Gasteiger partial charge in [0.2, 0.25) is 5.91 Å². The standard InChI is InChI=1S/C23H26N2O4/c1-16(19-4-7-21-22(14-19)29-13-12-28-21)24-23(27)15-25-10-8-18(9-11-25)17-2-5-20(26)6-3-17/h2-8,14,16,26H,9-13,15H2,1H3,(H,24,27). The van der Waals surface area contributed by atoms with E-state index in [1.54, 1.807) is 12.1 Å². The average Bonchev–Trinajstić information content (AvgIpc) is 2.74. The van der Waals surface area contributed by atoms with Gasteiger partial charge in [-0.05, 0) is 54.3 Å². The van der Waals surface area contributed by atoms with Crippen molar-refractivity contribution in [1.82, 2.24) is 10.2 Å². The third-order valence-corrected chi connectivity index (χ3v) is 5.34. The van der Waals surface area contributed by atoms with Gasteiger partial charge in [0.05, 0.1) is 12.6 Å². The van der Waals surface area contributed by atoms with Gasteiger partial charge >= 0.3 is 0 Å². The Morgan fingerprint density at radius 3 is 2.62 bits per heavy atom. The highest BCUT2D eigenvalue weighted by atomic mass is 16.6. The first-order valence-electron chi connectivity index (χ1n) is 9.98. The molecule has 0 aromatic heterocycles. The fourth-order valence-corrected chi connectivity index (χ4v) is 3.70. The first kappa shape index (κ1) is 19.3. The van der Waals surface area contributed by atoms with Gasteiger partial charge in [0.1, 0.15) is 19.0 Å². The molecule has 2 aromatic carbocycles. The lowest BCUT2D eigenvalue weighted by Crippen LogP contribution is -2.40. The molecule has 0 saturated carbocycles. The molecule has 0 radical (unpaired) electrons. The minimum absolute atomic E-state index is 0.00822. The molecule has 0 aliphatic carbocycles.